The van der Waals surface area contributed by atoms with E-state index in [0.717, 1.165) is 27.7 Å². The van der Waals surface area contributed by atoms with E-state index in [2.05, 4.69) is 24.5 Å². The molecule has 0 fully saturated rings. The third-order valence-electron chi connectivity index (χ3n) is 5.89. The van der Waals surface area contributed by atoms with E-state index in [9.17, 15) is 14.7 Å². The second kappa shape index (κ2) is 10.4. The van der Waals surface area contributed by atoms with Crippen LogP contribution in [0.2, 0.25) is 0 Å². The van der Waals surface area contributed by atoms with Crippen molar-refractivity contribution in [3.8, 4) is 11.1 Å². The molecule has 0 spiro atoms. The van der Waals surface area contributed by atoms with Gasteiger partial charge in [-0.2, -0.15) is 0 Å². The molecular weight excluding hydrogens is 426 g/mol. The lowest BCUT2D eigenvalue weighted by atomic mass is 10.0. The molecule has 3 N–H and O–H groups in total. The topological polar surface area (TPSA) is 83.4 Å². The maximum absolute atomic E-state index is 12.3. The first kappa shape index (κ1) is 23.3. The average molecular weight is 456 g/mol. The monoisotopic (exact) mass is 455 g/mol. The van der Waals surface area contributed by atoms with Gasteiger partial charge in [0.2, 0.25) is 5.91 Å². The van der Waals surface area contributed by atoms with Gasteiger partial charge in [-0.05, 0) is 41.3 Å². The quantitative estimate of drug-likeness (QED) is 0.297. The second-order valence-electron chi connectivity index (χ2n) is 8.64. The van der Waals surface area contributed by atoms with Crippen LogP contribution in [0.1, 0.15) is 35.7 Å². The second-order valence-corrected chi connectivity index (χ2v) is 8.64. The van der Waals surface area contributed by atoms with Crippen LogP contribution in [0.4, 0.5) is 5.69 Å². The van der Waals surface area contributed by atoms with Crippen molar-refractivity contribution in [2.75, 3.05) is 18.4 Å². The van der Waals surface area contributed by atoms with E-state index in [1.165, 1.54) is 5.56 Å². The smallest absolute Gasteiger partial charge is 0.335 e. The highest BCUT2D eigenvalue weighted by atomic mass is 16.4. The molecule has 0 aliphatic rings. The number of aromatic carboxylic acids is 1. The fraction of sp³-hybridized carbons (Fsp3) is 0.214. The van der Waals surface area contributed by atoms with Crippen molar-refractivity contribution in [2.24, 2.45) is 0 Å². The zero-order valence-electron chi connectivity index (χ0n) is 19.4. The summed E-state index contributed by atoms with van der Waals surface area (Å²) in [5.41, 5.74) is 5.25. The van der Waals surface area contributed by atoms with E-state index >= 15 is 0 Å². The van der Waals surface area contributed by atoms with Gasteiger partial charge in [-0.25, -0.2) is 4.79 Å². The Hall–Kier alpha value is -3.90. The van der Waals surface area contributed by atoms with E-state index in [4.69, 9.17) is 0 Å². The van der Waals surface area contributed by atoms with Crippen molar-refractivity contribution in [1.29, 1.82) is 0 Å². The van der Waals surface area contributed by atoms with Crippen molar-refractivity contribution >= 4 is 28.5 Å². The summed E-state index contributed by atoms with van der Waals surface area (Å²) in [4.78, 5) is 23.8. The van der Waals surface area contributed by atoms with Crippen molar-refractivity contribution in [2.45, 2.75) is 26.3 Å². The van der Waals surface area contributed by atoms with Crippen LogP contribution in [0.25, 0.3) is 22.0 Å². The number of amides is 1. The zero-order valence-corrected chi connectivity index (χ0v) is 19.4. The molecule has 4 rings (SSSR count). The molecule has 0 saturated carbocycles. The van der Waals surface area contributed by atoms with Crippen LogP contribution in [-0.4, -0.2) is 34.6 Å². The molecule has 0 aliphatic carbocycles. The molecule has 3 aromatic carbocycles. The number of hydrogen-bond donors (Lipinski definition) is 3. The fourth-order valence-electron chi connectivity index (χ4n) is 4.02. The lowest BCUT2D eigenvalue weighted by molar-refractivity contribution is -0.115. The van der Waals surface area contributed by atoms with Gasteiger partial charge < -0.3 is 20.3 Å². The maximum Gasteiger partial charge on any atom is 0.335 e. The summed E-state index contributed by atoms with van der Waals surface area (Å²) in [6, 6.07) is 23.1. The Labute approximate surface area is 199 Å². The van der Waals surface area contributed by atoms with Crippen LogP contribution in [0.3, 0.4) is 0 Å². The Morgan fingerprint density at radius 2 is 1.71 bits per heavy atom. The van der Waals surface area contributed by atoms with Crippen LogP contribution in [0.5, 0.6) is 0 Å². The highest BCUT2D eigenvalue weighted by Gasteiger charge is 2.13. The first-order chi connectivity index (χ1) is 16.4. The van der Waals surface area contributed by atoms with Crippen LogP contribution in [0.15, 0.2) is 79.0 Å². The Bertz CT molecular complexity index is 1290. The maximum atomic E-state index is 12.3. The molecule has 0 saturated heterocycles. The van der Waals surface area contributed by atoms with E-state index in [1.807, 2.05) is 71.4 Å². The molecular formula is C28H29N3O3. The van der Waals surface area contributed by atoms with Crippen molar-refractivity contribution in [3.63, 3.8) is 0 Å². The summed E-state index contributed by atoms with van der Waals surface area (Å²) in [6.45, 7) is 5.63. The SMILES string of the molecule is CC(C)c1ccc(NC(=O)CNCCn2cc(-c3ccccc3)c3ccc(C(=O)O)cc32)cc1. The number of rotatable bonds is 9. The summed E-state index contributed by atoms with van der Waals surface area (Å²) in [6.07, 6.45) is 2.05. The van der Waals surface area contributed by atoms with Crippen molar-refractivity contribution in [3.05, 3.63) is 90.1 Å². The number of aromatic nitrogens is 1. The summed E-state index contributed by atoms with van der Waals surface area (Å²) < 4.78 is 2.04. The number of carbonyl (C=O) groups excluding carboxylic acids is 1. The number of nitrogens with zero attached hydrogens (tertiary/aromatic N) is 1. The number of fused-ring (bicyclic) bond motifs is 1. The van der Waals surface area contributed by atoms with Gasteiger partial charge in [0, 0.05) is 41.4 Å². The molecule has 174 valence electrons. The third kappa shape index (κ3) is 5.35. The van der Waals surface area contributed by atoms with Crippen LogP contribution in [0, 0.1) is 0 Å². The van der Waals surface area contributed by atoms with Crippen LogP contribution >= 0.6 is 0 Å². The molecule has 4 aromatic rings. The highest BCUT2D eigenvalue weighted by molar-refractivity contribution is 6.00. The largest absolute Gasteiger partial charge is 0.478 e. The molecule has 1 aromatic heterocycles. The zero-order chi connectivity index (χ0) is 24.1. The molecule has 0 unspecified atom stereocenters. The van der Waals surface area contributed by atoms with Crippen LogP contribution in [-0.2, 0) is 11.3 Å². The predicted octanol–water partition coefficient (Wildman–Crippen LogP) is 5.36. The van der Waals surface area contributed by atoms with Crippen LogP contribution < -0.4 is 10.6 Å². The number of carboxylic acids is 1. The first-order valence-corrected chi connectivity index (χ1v) is 11.4. The molecule has 1 heterocycles. The van der Waals surface area contributed by atoms with Gasteiger partial charge in [-0.15, -0.1) is 0 Å². The summed E-state index contributed by atoms with van der Waals surface area (Å²) in [5.74, 6) is -0.606. The van der Waals surface area contributed by atoms with Crippen molar-refractivity contribution in [1.82, 2.24) is 9.88 Å². The van der Waals surface area contributed by atoms with Gasteiger partial charge >= 0.3 is 5.97 Å². The Morgan fingerprint density at radius 1 is 0.971 bits per heavy atom. The first-order valence-electron chi connectivity index (χ1n) is 11.4. The van der Waals surface area contributed by atoms with Gasteiger partial charge in [-0.1, -0.05) is 62.4 Å². The minimum absolute atomic E-state index is 0.104. The summed E-state index contributed by atoms with van der Waals surface area (Å²) >= 11 is 0. The van der Waals surface area contributed by atoms with E-state index in [-0.39, 0.29) is 18.0 Å². The van der Waals surface area contributed by atoms with Gasteiger partial charge in [0.15, 0.2) is 0 Å². The van der Waals surface area contributed by atoms with E-state index in [1.54, 1.807) is 12.1 Å². The molecule has 0 bridgehead atoms. The van der Waals surface area contributed by atoms with E-state index in [0.29, 0.717) is 19.0 Å². The number of anilines is 1. The number of nitrogens with one attached hydrogen (secondary N) is 2. The van der Waals surface area contributed by atoms with Gasteiger partial charge in [0.05, 0.1) is 12.1 Å². The van der Waals surface area contributed by atoms with Gasteiger partial charge in [-0.3, -0.25) is 4.79 Å². The molecule has 0 radical (unpaired) electrons. The van der Waals surface area contributed by atoms with E-state index < -0.39 is 5.97 Å². The molecule has 1 amide bonds. The lowest BCUT2D eigenvalue weighted by Crippen LogP contribution is -2.30. The Morgan fingerprint density at radius 3 is 2.38 bits per heavy atom. The highest BCUT2D eigenvalue weighted by Crippen LogP contribution is 2.31. The molecule has 6 nitrogen and oxygen atoms in total. The lowest BCUT2D eigenvalue weighted by Gasteiger charge is -2.10. The third-order valence-corrected chi connectivity index (χ3v) is 5.89. The molecule has 34 heavy (non-hydrogen) atoms. The average Bonchev–Trinajstić information content (AvgIpc) is 3.20. The Balaban J connectivity index is 1.42. The normalized spacial score (nSPS) is 11.1. The van der Waals surface area contributed by atoms with Gasteiger partial charge in [0.25, 0.3) is 0 Å². The minimum atomic E-state index is -0.952. The number of carbonyl (C=O) groups is 2. The number of hydrogen-bond acceptors (Lipinski definition) is 3. The molecule has 0 atom stereocenters. The summed E-state index contributed by atoms with van der Waals surface area (Å²) in [5, 5.41) is 16.5. The van der Waals surface area contributed by atoms with Gasteiger partial charge in [0.1, 0.15) is 0 Å². The minimum Gasteiger partial charge on any atom is -0.478 e. The molecule has 6 heteroatoms. The number of benzene rings is 3. The standard InChI is InChI=1S/C28H29N3O3/c1-19(2)20-8-11-23(12-9-20)30-27(32)17-29-14-15-31-18-25(21-6-4-3-5-7-21)24-13-10-22(28(33)34)16-26(24)31/h3-13,16,18-19,29H,14-15,17H2,1-2H3,(H,30,32)(H,33,34). The summed E-state index contributed by atoms with van der Waals surface area (Å²) in [7, 11) is 0. The predicted molar refractivity (Wildman–Crippen MR) is 136 cm³/mol. The number of carboxylic acid groups (broad SMARTS) is 1. The molecule has 0 aliphatic heterocycles. The fourth-order valence-corrected chi connectivity index (χ4v) is 4.02. The Kier molecular flexibility index (Phi) is 7.09. The van der Waals surface area contributed by atoms with Crippen molar-refractivity contribution < 1.29 is 14.7 Å².